The van der Waals surface area contributed by atoms with E-state index in [9.17, 15) is 4.79 Å². The van der Waals surface area contributed by atoms with E-state index in [4.69, 9.17) is 6.42 Å². The van der Waals surface area contributed by atoms with E-state index in [1.54, 1.807) is 0 Å². The predicted octanol–water partition coefficient (Wildman–Crippen LogP) is 4.20. The zero-order valence-electron chi connectivity index (χ0n) is 9.24. The fraction of sp³-hybridized carbons (Fsp3) is 0.133. The lowest BCUT2D eigenvalue weighted by Crippen LogP contribution is -1.97. The summed E-state index contributed by atoms with van der Waals surface area (Å²) in [6, 6.07) is 11.7. The average molecular weight is 287 g/mol. The lowest BCUT2D eigenvalue weighted by Gasteiger charge is -2.02. The van der Waals surface area contributed by atoms with Crippen molar-refractivity contribution >= 4 is 32.5 Å². The van der Waals surface area contributed by atoms with Gasteiger partial charge in [-0.1, -0.05) is 34.1 Å². The van der Waals surface area contributed by atoms with Crippen LogP contribution in [-0.4, -0.2) is 5.78 Å². The molecule has 0 N–H and O–H groups in total. The molecule has 0 bridgehead atoms. The van der Waals surface area contributed by atoms with Gasteiger partial charge in [0, 0.05) is 22.9 Å². The first-order valence-electron chi connectivity index (χ1n) is 5.36. The molecule has 0 spiro atoms. The number of ketones is 1. The SMILES string of the molecule is C#CCCC(=O)c1ccc2cc(Br)ccc2c1. The van der Waals surface area contributed by atoms with Crippen molar-refractivity contribution in [3.63, 3.8) is 0 Å². The Labute approximate surface area is 109 Å². The van der Waals surface area contributed by atoms with Crippen LogP contribution in [-0.2, 0) is 0 Å². The van der Waals surface area contributed by atoms with Crippen LogP contribution in [0.5, 0.6) is 0 Å². The summed E-state index contributed by atoms with van der Waals surface area (Å²) in [7, 11) is 0. The van der Waals surface area contributed by atoms with Gasteiger partial charge >= 0.3 is 0 Å². The molecule has 0 saturated heterocycles. The first kappa shape index (κ1) is 11.9. The Hall–Kier alpha value is -1.59. The van der Waals surface area contributed by atoms with Gasteiger partial charge in [0.2, 0.25) is 0 Å². The number of hydrogen-bond acceptors (Lipinski definition) is 1. The summed E-state index contributed by atoms with van der Waals surface area (Å²) in [6.07, 6.45) is 6.07. The van der Waals surface area contributed by atoms with E-state index >= 15 is 0 Å². The largest absolute Gasteiger partial charge is 0.294 e. The van der Waals surface area contributed by atoms with Crippen molar-refractivity contribution in [3.05, 3.63) is 46.4 Å². The van der Waals surface area contributed by atoms with Crippen LogP contribution in [0.2, 0.25) is 0 Å². The molecule has 0 amide bonds. The number of fused-ring (bicyclic) bond motifs is 1. The molecule has 84 valence electrons. The highest BCUT2D eigenvalue weighted by Gasteiger charge is 2.05. The minimum Gasteiger partial charge on any atom is -0.294 e. The second-order valence-corrected chi connectivity index (χ2v) is 4.75. The second kappa shape index (κ2) is 5.16. The van der Waals surface area contributed by atoms with Gasteiger partial charge in [0.15, 0.2) is 5.78 Å². The first-order valence-corrected chi connectivity index (χ1v) is 6.16. The van der Waals surface area contributed by atoms with Crippen LogP contribution in [0.4, 0.5) is 0 Å². The average Bonchev–Trinajstić information content (AvgIpc) is 2.35. The van der Waals surface area contributed by atoms with Crippen LogP contribution in [0.3, 0.4) is 0 Å². The number of hydrogen-bond donors (Lipinski definition) is 0. The van der Waals surface area contributed by atoms with E-state index < -0.39 is 0 Å². The van der Waals surface area contributed by atoms with Crippen LogP contribution in [0.1, 0.15) is 23.2 Å². The number of carbonyl (C=O) groups is 1. The van der Waals surface area contributed by atoms with Crippen molar-refractivity contribution < 1.29 is 4.79 Å². The zero-order chi connectivity index (χ0) is 12.3. The topological polar surface area (TPSA) is 17.1 Å². The van der Waals surface area contributed by atoms with Gasteiger partial charge in [0.25, 0.3) is 0 Å². The van der Waals surface area contributed by atoms with E-state index in [2.05, 4.69) is 21.9 Å². The fourth-order valence-corrected chi connectivity index (χ4v) is 2.10. The highest BCUT2D eigenvalue weighted by atomic mass is 79.9. The third-order valence-electron chi connectivity index (χ3n) is 2.62. The Bertz CT molecular complexity index is 608. The Kier molecular flexibility index (Phi) is 3.61. The van der Waals surface area contributed by atoms with Gasteiger partial charge in [-0.2, -0.15) is 0 Å². The van der Waals surface area contributed by atoms with Gasteiger partial charge in [-0.05, 0) is 29.0 Å². The first-order chi connectivity index (χ1) is 8.20. The van der Waals surface area contributed by atoms with E-state index in [0.29, 0.717) is 12.8 Å². The maximum Gasteiger partial charge on any atom is 0.163 e. The van der Waals surface area contributed by atoms with Crippen LogP contribution in [0, 0.1) is 12.3 Å². The summed E-state index contributed by atoms with van der Waals surface area (Å²) < 4.78 is 1.04. The zero-order valence-corrected chi connectivity index (χ0v) is 10.8. The Morgan fingerprint density at radius 3 is 2.65 bits per heavy atom. The molecule has 0 heterocycles. The van der Waals surface area contributed by atoms with E-state index in [1.807, 2.05) is 36.4 Å². The van der Waals surface area contributed by atoms with Gasteiger partial charge < -0.3 is 0 Å². The molecule has 0 unspecified atom stereocenters. The number of terminal acetylenes is 1. The van der Waals surface area contributed by atoms with Crippen LogP contribution >= 0.6 is 15.9 Å². The second-order valence-electron chi connectivity index (χ2n) is 3.83. The highest BCUT2D eigenvalue weighted by Crippen LogP contribution is 2.21. The van der Waals surface area contributed by atoms with Gasteiger partial charge in [0.1, 0.15) is 0 Å². The number of halogens is 1. The van der Waals surface area contributed by atoms with Crippen LogP contribution in [0.25, 0.3) is 10.8 Å². The quantitative estimate of drug-likeness (QED) is 0.611. The van der Waals surface area contributed by atoms with Crippen LogP contribution < -0.4 is 0 Å². The third-order valence-corrected chi connectivity index (χ3v) is 3.11. The van der Waals surface area contributed by atoms with E-state index in [-0.39, 0.29) is 5.78 Å². The third kappa shape index (κ3) is 2.75. The molecule has 0 aliphatic carbocycles. The monoisotopic (exact) mass is 286 g/mol. The minimum absolute atomic E-state index is 0.104. The molecule has 0 aliphatic heterocycles. The van der Waals surface area contributed by atoms with Gasteiger partial charge in [0.05, 0.1) is 0 Å². The van der Waals surface area contributed by atoms with Crippen molar-refractivity contribution in [1.82, 2.24) is 0 Å². The van der Waals surface area contributed by atoms with Crippen molar-refractivity contribution in [2.45, 2.75) is 12.8 Å². The lowest BCUT2D eigenvalue weighted by atomic mass is 10.0. The molecule has 2 aromatic rings. The summed E-state index contributed by atoms with van der Waals surface area (Å²) in [6.45, 7) is 0. The standard InChI is InChI=1S/C15H11BrO/c1-2-3-4-15(17)13-6-5-12-10-14(16)8-7-11(12)9-13/h1,5-10H,3-4H2. The summed E-state index contributed by atoms with van der Waals surface area (Å²) in [5.74, 6) is 2.59. The van der Waals surface area contributed by atoms with Gasteiger partial charge in [-0.25, -0.2) is 0 Å². The lowest BCUT2D eigenvalue weighted by molar-refractivity contribution is 0.0984. The van der Waals surface area contributed by atoms with Crippen molar-refractivity contribution in [2.75, 3.05) is 0 Å². The summed E-state index contributed by atoms with van der Waals surface area (Å²) in [5.41, 5.74) is 0.732. The molecule has 0 atom stereocenters. The molecule has 2 rings (SSSR count). The van der Waals surface area contributed by atoms with Gasteiger partial charge in [-0.3, -0.25) is 4.79 Å². The summed E-state index contributed by atoms with van der Waals surface area (Å²) >= 11 is 3.42. The Balaban J connectivity index is 2.35. The van der Waals surface area contributed by atoms with E-state index in [1.165, 1.54) is 0 Å². The fourth-order valence-electron chi connectivity index (χ4n) is 1.72. The molecular weight excluding hydrogens is 276 g/mol. The minimum atomic E-state index is 0.104. The number of rotatable bonds is 3. The molecule has 17 heavy (non-hydrogen) atoms. The smallest absolute Gasteiger partial charge is 0.163 e. The van der Waals surface area contributed by atoms with Crippen molar-refractivity contribution in [1.29, 1.82) is 0 Å². The molecule has 0 aliphatic rings. The molecule has 2 heteroatoms. The highest BCUT2D eigenvalue weighted by molar-refractivity contribution is 9.10. The Morgan fingerprint density at radius 1 is 1.18 bits per heavy atom. The number of Topliss-reactive ketones (excluding diaryl/α,β-unsaturated/α-hetero) is 1. The summed E-state index contributed by atoms with van der Waals surface area (Å²) in [5, 5.41) is 2.19. The molecule has 2 aromatic carbocycles. The van der Waals surface area contributed by atoms with E-state index in [0.717, 1.165) is 20.8 Å². The molecule has 0 saturated carbocycles. The van der Waals surface area contributed by atoms with Crippen molar-refractivity contribution in [2.24, 2.45) is 0 Å². The predicted molar refractivity (Wildman–Crippen MR) is 74.0 cm³/mol. The maximum absolute atomic E-state index is 11.8. The molecule has 1 nitrogen and oxygen atoms in total. The van der Waals surface area contributed by atoms with Crippen LogP contribution in [0.15, 0.2) is 40.9 Å². The Morgan fingerprint density at radius 2 is 1.88 bits per heavy atom. The number of benzene rings is 2. The molecule has 0 radical (unpaired) electrons. The maximum atomic E-state index is 11.8. The number of carbonyl (C=O) groups excluding carboxylic acids is 1. The van der Waals surface area contributed by atoms with Crippen molar-refractivity contribution in [3.8, 4) is 12.3 Å². The van der Waals surface area contributed by atoms with Gasteiger partial charge in [-0.15, -0.1) is 12.3 Å². The normalized spacial score (nSPS) is 10.1. The molecule has 0 fully saturated rings. The molecule has 0 aromatic heterocycles. The molecular formula is C15H11BrO. The summed E-state index contributed by atoms with van der Waals surface area (Å²) in [4.78, 5) is 11.8.